The van der Waals surface area contributed by atoms with Crippen LogP contribution in [0, 0.1) is 0 Å². The summed E-state index contributed by atoms with van der Waals surface area (Å²) in [4.78, 5) is 11.9. The third-order valence-electron chi connectivity index (χ3n) is 3.02. The molecule has 0 fully saturated rings. The van der Waals surface area contributed by atoms with Crippen LogP contribution in [0.15, 0.2) is 41.0 Å². The van der Waals surface area contributed by atoms with Crippen molar-refractivity contribution in [2.45, 2.75) is 26.1 Å². The van der Waals surface area contributed by atoms with Crippen molar-refractivity contribution in [1.29, 1.82) is 0 Å². The van der Waals surface area contributed by atoms with Gasteiger partial charge in [-0.15, -0.1) is 0 Å². The molecule has 0 bridgehead atoms. The number of benzene rings is 1. The van der Waals surface area contributed by atoms with E-state index in [-0.39, 0.29) is 11.9 Å². The third-order valence-corrected chi connectivity index (χ3v) is 3.61. The Bertz CT molecular complexity index is 600. The molecule has 0 aliphatic heterocycles. The van der Waals surface area contributed by atoms with E-state index < -0.39 is 0 Å². The van der Waals surface area contributed by atoms with E-state index in [1.165, 1.54) is 0 Å². The first-order valence-electron chi connectivity index (χ1n) is 6.53. The van der Waals surface area contributed by atoms with Crippen molar-refractivity contribution in [3.05, 3.63) is 58.0 Å². The summed E-state index contributed by atoms with van der Waals surface area (Å²) in [6.45, 7) is 2.66. The first-order chi connectivity index (χ1) is 10.1. The van der Waals surface area contributed by atoms with Gasteiger partial charge < -0.3 is 15.1 Å². The average Bonchev–Trinajstić information content (AvgIpc) is 2.96. The molecule has 0 saturated carbocycles. The molecule has 1 heterocycles. The van der Waals surface area contributed by atoms with Gasteiger partial charge in [-0.25, -0.2) is 0 Å². The van der Waals surface area contributed by atoms with Crippen molar-refractivity contribution in [3.8, 4) is 0 Å². The molecule has 1 atom stereocenters. The van der Waals surface area contributed by atoms with Crippen molar-refractivity contribution in [2.24, 2.45) is 0 Å². The minimum atomic E-state index is -0.341. The highest BCUT2D eigenvalue weighted by atomic mass is 35.5. The van der Waals surface area contributed by atoms with Gasteiger partial charge in [0.25, 0.3) is 0 Å². The second-order valence-electron chi connectivity index (χ2n) is 4.64. The third kappa shape index (κ3) is 4.77. The topological polar surface area (TPSA) is 54.3 Å². The molecule has 6 heteroatoms. The van der Waals surface area contributed by atoms with E-state index in [9.17, 15) is 4.79 Å². The summed E-state index contributed by atoms with van der Waals surface area (Å²) in [6.07, 6.45) is 1.58. The fraction of sp³-hybridized carbons (Fsp3) is 0.267. The van der Waals surface area contributed by atoms with Crippen LogP contribution in [0.1, 0.15) is 18.2 Å². The molecule has 2 rings (SSSR count). The zero-order valence-corrected chi connectivity index (χ0v) is 13.0. The van der Waals surface area contributed by atoms with Gasteiger partial charge in [0.05, 0.1) is 18.8 Å². The largest absolute Gasteiger partial charge is 0.467 e. The molecule has 1 unspecified atom stereocenters. The molecule has 0 saturated heterocycles. The van der Waals surface area contributed by atoms with E-state index in [0.29, 0.717) is 23.1 Å². The van der Waals surface area contributed by atoms with Gasteiger partial charge in [0.15, 0.2) is 0 Å². The number of rotatable bonds is 6. The van der Waals surface area contributed by atoms with Crippen molar-refractivity contribution in [2.75, 3.05) is 0 Å². The Morgan fingerprint density at radius 2 is 2.10 bits per heavy atom. The molecular weight excluding hydrogens is 311 g/mol. The van der Waals surface area contributed by atoms with Crippen LogP contribution in [0.5, 0.6) is 0 Å². The van der Waals surface area contributed by atoms with Crippen molar-refractivity contribution in [3.63, 3.8) is 0 Å². The Hall–Kier alpha value is -1.49. The monoisotopic (exact) mass is 326 g/mol. The highest BCUT2D eigenvalue weighted by Gasteiger charge is 2.13. The smallest absolute Gasteiger partial charge is 0.237 e. The Morgan fingerprint density at radius 3 is 2.76 bits per heavy atom. The summed E-state index contributed by atoms with van der Waals surface area (Å²) in [7, 11) is 0. The van der Waals surface area contributed by atoms with Crippen molar-refractivity contribution in [1.82, 2.24) is 10.6 Å². The normalized spacial score (nSPS) is 12.1. The summed E-state index contributed by atoms with van der Waals surface area (Å²) < 4.78 is 5.15. The van der Waals surface area contributed by atoms with Crippen molar-refractivity contribution < 1.29 is 9.21 Å². The maximum atomic E-state index is 11.9. The molecule has 1 aromatic carbocycles. The molecule has 0 aliphatic rings. The van der Waals surface area contributed by atoms with E-state index in [0.717, 1.165) is 11.3 Å². The lowest BCUT2D eigenvalue weighted by Crippen LogP contribution is -2.41. The maximum Gasteiger partial charge on any atom is 0.237 e. The Morgan fingerprint density at radius 1 is 1.29 bits per heavy atom. The van der Waals surface area contributed by atoms with Gasteiger partial charge in [0.1, 0.15) is 5.76 Å². The van der Waals surface area contributed by atoms with E-state index in [2.05, 4.69) is 10.6 Å². The van der Waals surface area contributed by atoms with Gasteiger partial charge in [-0.2, -0.15) is 0 Å². The van der Waals surface area contributed by atoms with Crippen LogP contribution in [0.2, 0.25) is 10.0 Å². The van der Waals surface area contributed by atoms with Gasteiger partial charge in [0.2, 0.25) is 5.91 Å². The second kappa shape index (κ2) is 7.50. The van der Waals surface area contributed by atoms with Gasteiger partial charge >= 0.3 is 0 Å². The van der Waals surface area contributed by atoms with E-state index in [4.69, 9.17) is 27.6 Å². The van der Waals surface area contributed by atoms with Crippen LogP contribution < -0.4 is 10.6 Å². The van der Waals surface area contributed by atoms with Gasteiger partial charge in [0, 0.05) is 16.6 Å². The molecule has 1 aromatic heterocycles. The zero-order valence-electron chi connectivity index (χ0n) is 11.5. The number of hydrogen-bond donors (Lipinski definition) is 2. The number of carbonyl (C=O) groups is 1. The Balaban J connectivity index is 1.80. The predicted molar refractivity (Wildman–Crippen MR) is 83.3 cm³/mol. The minimum Gasteiger partial charge on any atom is -0.467 e. The average molecular weight is 327 g/mol. The van der Waals surface area contributed by atoms with Crippen LogP contribution in [-0.4, -0.2) is 11.9 Å². The molecule has 2 N–H and O–H groups in total. The van der Waals surface area contributed by atoms with Crippen LogP contribution >= 0.6 is 23.2 Å². The summed E-state index contributed by atoms with van der Waals surface area (Å²) in [5.74, 6) is 0.618. The lowest BCUT2D eigenvalue weighted by Gasteiger charge is -2.14. The fourth-order valence-corrected chi connectivity index (χ4v) is 2.24. The summed E-state index contributed by atoms with van der Waals surface area (Å²) in [6, 6.07) is 8.54. The molecule has 2 aromatic rings. The first kappa shape index (κ1) is 15.9. The van der Waals surface area contributed by atoms with Crippen LogP contribution in [0.4, 0.5) is 0 Å². The molecule has 21 heavy (non-hydrogen) atoms. The molecular formula is C15H16Cl2N2O2. The number of furan rings is 1. The van der Waals surface area contributed by atoms with Crippen molar-refractivity contribution >= 4 is 29.1 Å². The first-order valence-corrected chi connectivity index (χ1v) is 7.29. The van der Waals surface area contributed by atoms with E-state index in [1.807, 2.05) is 12.1 Å². The van der Waals surface area contributed by atoms with Gasteiger partial charge in [-0.1, -0.05) is 29.3 Å². The SMILES string of the molecule is CC(NCc1ccc(Cl)cc1Cl)C(=O)NCc1ccco1. The number of hydrogen-bond acceptors (Lipinski definition) is 3. The van der Waals surface area contributed by atoms with Gasteiger partial charge in [-0.05, 0) is 36.8 Å². The molecule has 0 spiro atoms. The molecule has 0 radical (unpaired) electrons. The Kier molecular flexibility index (Phi) is 5.67. The fourth-order valence-electron chi connectivity index (χ4n) is 1.76. The Labute approximate surface area is 133 Å². The molecule has 4 nitrogen and oxygen atoms in total. The molecule has 112 valence electrons. The van der Waals surface area contributed by atoms with Gasteiger partial charge in [-0.3, -0.25) is 4.79 Å². The summed E-state index contributed by atoms with van der Waals surface area (Å²) in [5, 5.41) is 7.09. The van der Waals surface area contributed by atoms with Crippen LogP contribution in [-0.2, 0) is 17.9 Å². The number of nitrogens with one attached hydrogen (secondary N) is 2. The minimum absolute atomic E-state index is 0.100. The summed E-state index contributed by atoms with van der Waals surface area (Å²) >= 11 is 11.9. The van der Waals surface area contributed by atoms with Crippen LogP contribution in [0.3, 0.4) is 0 Å². The summed E-state index contributed by atoms with van der Waals surface area (Å²) in [5.41, 5.74) is 0.895. The highest BCUT2D eigenvalue weighted by molar-refractivity contribution is 6.35. The number of halogens is 2. The standard InChI is InChI=1S/C15H16Cl2N2O2/c1-10(15(20)19-9-13-3-2-6-21-13)18-8-11-4-5-12(16)7-14(11)17/h2-7,10,18H,8-9H2,1H3,(H,19,20). The highest BCUT2D eigenvalue weighted by Crippen LogP contribution is 2.20. The number of amides is 1. The second-order valence-corrected chi connectivity index (χ2v) is 5.48. The quantitative estimate of drug-likeness (QED) is 0.855. The van der Waals surface area contributed by atoms with Crippen LogP contribution in [0.25, 0.3) is 0 Å². The van der Waals surface area contributed by atoms with E-state index >= 15 is 0 Å². The molecule has 0 aliphatic carbocycles. The lowest BCUT2D eigenvalue weighted by molar-refractivity contribution is -0.123. The number of carbonyl (C=O) groups excluding carboxylic acids is 1. The maximum absolute atomic E-state index is 11.9. The molecule has 1 amide bonds. The lowest BCUT2D eigenvalue weighted by atomic mass is 10.2. The zero-order chi connectivity index (χ0) is 15.2. The predicted octanol–water partition coefficient (Wildman–Crippen LogP) is 3.38. The van der Waals surface area contributed by atoms with E-state index in [1.54, 1.807) is 31.4 Å².